The maximum atomic E-state index is 12.5. The van der Waals surface area contributed by atoms with Crippen molar-refractivity contribution in [1.82, 2.24) is 0 Å². The molecule has 0 bridgehead atoms. The lowest BCUT2D eigenvalue weighted by Gasteiger charge is -2.29. The molecular weight excluding hydrogens is 228 g/mol. The zero-order chi connectivity index (χ0) is 13.5. The Kier molecular flexibility index (Phi) is 7.53. The maximum Gasteiger partial charge on any atom is 0.175 e. The van der Waals surface area contributed by atoms with Gasteiger partial charge in [-0.1, -0.05) is 45.9 Å². The van der Waals surface area contributed by atoms with Crippen molar-refractivity contribution in [3.05, 3.63) is 23.8 Å². The summed E-state index contributed by atoms with van der Waals surface area (Å²) in [6.45, 7) is 12.4. The van der Waals surface area contributed by atoms with Gasteiger partial charge in [-0.3, -0.25) is 4.79 Å². The van der Waals surface area contributed by atoms with Crippen LogP contribution in [0.1, 0.15) is 48.0 Å². The number of carbonyl (C=O) groups excluding carboxylic acids is 1. The van der Waals surface area contributed by atoms with E-state index in [-0.39, 0.29) is 16.4 Å². The lowest BCUT2D eigenvalue weighted by molar-refractivity contribution is -0.116. The lowest BCUT2D eigenvalue weighted by Crippen LogP contribution is -2.32. The Morgan fingerprint density at radius 2 is 1.88 bits per heavy atom. The fraction of sp³-hybridized carbons (Fsp3) is 0.667. The summed E-state index contributed by atoms with van der Waals surface area (Å²) in [5.41, 5.74) is 0.836. The highest BCUT2D eigenvalue weighted by Gasteiger charge is 2.32. The van der Waals surface area contributed by atoms with Crippen LogP contribution < -0.4 is 0 Å². The third-order valence-corrected chi connectivity index (χ3v) is 4.35. The molecule has 0 heterocycles. The van der Waals surface area contributed by atoms with Gasteiger partial charge in [0.05, 0.1) is 5.25 Å². The summed E-state index contributed by atoms with van der Waals surface area (Å²) in [7, 11) is 0. The number of thioether (sulfide) groups is 1. The number of hydrogen-bond donors (Lipinski definition) is 0. The first-order valence-electron chi connectivity index (χ1n) is 6.33. The van der Waals surface area contributed by atoms with Crippen molar-refractivity contribution in [2.45, 2.75) is 53.2 Å². The molecule has 0 aliphatic heterocycles. The Labute approximate surface area is 111 Å². The molecule has 0 aliphatic carbocycles. The number of carbonyl (C=O) groups is 1. The van der Waals surface area contributed by atoms with Gasteiger partial charge in [0.2, 0.25) is 0 Å². The molecule has 0 rings (SSSR count). The van der Waals surface area contributed by atoms with Crippen LogP contribution in [0.5, 0.6) is 0 Å². The molecule has 0 fully saturated rings. The molecule has 1 unspecified atom stereocenters. The average molecular weight is 254 g/mol. The van der Waals surface area contributed by atoms with Crippen molar-refractivity contribution in [3.63, 3.8) is 0 Å². The Balaban J connectivity index is 4.98. The molecule has 0 amide bonds. The van der Waals surface area contributed by atoms with Crippen molar-refractivity contribution in [1.29, 1.82) is 0 Å². The number of rotatable bonds is 6. The highest BCUT2D eigenvalue weighted by atomic mass is 32.2. The van der Waals surface area contributed by atoms with Crippen LogP contribution in [0.3, 0.4) is 0 Å². The maximum absolute atomic E-state index is 12.5. The molecule has 0 radical (unpaired) electrons. The van der Waals surface area contributed by atoms with E-state index in [0.717, 1.165) is 17.7 Å². The van der Waals surface area contributed by atoms with E-state index < -0.39 is 0 Å². The lowest BCUT2D eigenvalue weighted by atomic mass is 9.87. The summed E-state index contributed by atoms with van der Waals surface area (Å²) in [5.74, 6) is 1.30. The molecule has 0 aliphatic rings. The van der Waals surface area contributed by atoms with E-state index in [1.54, 1.807) is 11.8 Å². The molecule has 1 atom stereocenters. The van der Waals surface area contributed by atoms with Gasteiger partial charge >= 0.3 is 0 Å². The van der Waals surface area contributed by atoms with Gasteiger partial charge in [-0.25, -0.2) is 0 Å². The molecule has 17 heavy (non-hydrogen) atoms. The van der Waals surface area contributed by atoms with E-state index in [1.165, 1.54) is 0 Å². The monoisotopic (exact) mass is 254 g/mol. The number of ketones is 1. The molecule has 98 valence electrons. The molecule has 0 aromatic rings. The minimum Gasteiger partial charge on any atom is -0.293 e. The van der Waals surface area contributed by atoms with E-state index in [4.69, 9.17) is 0 Å². The van der Waals surface area contributed by atoms with Crippen LogP contribution in [0.4, 0.5) is 0 Å². The summed E-state index contributed by atoms with van der Waals surface area (Å²) in [5, 5.41) is 0.0462. The number of hydrogen-bond acceptors (Lipinski definition) is 2. The minimum absolute atomic E-state index is 0.00671. The number of Topliss-reactive ketones (excluding diaryl/α,β-unsaturated/α-hetero) is 1. The number of allylic oxidation sites excluding steroid dienone is 4. The largest absolute Gasteiger partial charge is 0.293 e. The van der Waals surface area contributed by atoms with Gasteiger partial charge in [0.15, 0.2) is 5.78 Å². The van der Waals surface area contributed by atoms with E-state index >= 15 is 0 Å². The van der Waals surface area contributed by atoms with Crippen molar-refractivity contribution < 1.29 is 4.79 Å². The van der Waals surface area contributed by atoms with Crippen LogP contribution in [0.25, 0.3) is 0 Å². The molecule has 2 heteroatoms. The smallest absolute Gasteiger partial charge is 0.175 e. The summed E-state index contributed by atoms with van der Waals surface area (Å²) < 4.78 is 0. The standard InChI is InChI=1S/C15H26OS/c1-7-10-12(9-3)13(16)14(15(4,5)6)17-11-8-2/h7,9-10,14H,8,11H2,1-6H3/b10-7-,12-9+. The summed E-state index contributed by atoms with van der Waals surface area (Å²) in [6, 6.07) is 0. The Morgan fingerprint density at radius 3 is 2.24 bits per heavy atom. The summed E-state index contributed by atoms with van der Waals surface area (Å²) in [4.78, 5) is 12.5. The van der Waals surface area contributed by atoms with E-state index in [0.29, 0.717) is 0 Å². The minimum atomic E-state index is 0.00671. The van der Waals surface area contributed by atoms with Gasteiger partial charge in [-0.05, 0) is 31.4 Å². The Hall–Kier alpha value is -0.500. The van der Waals surface area contributed by atoms with Gasteiger partial charge in [0, 0.05) is 5.57 Å². The van der Waals surface area contributed by atoms with Crippen molar-refractivity contribution in [2.24, 2.45) is 5.41 Å². The van der Waals surface area contributed by atoms with Gasteiger partial charge in [0.1, 0.15) is 0 Å². The van der Waals surface area contributed by atoms with Gasteiger partial charge in [-0.2, -0.15) is 0 Å². The predicted molar refractivity (Wildman–Crippen MR) is 79.6 cm³/mol. The van der Waals surface area contributed by atoms with Crippen LogP contribution in [-0.2, 0) is 4.79 Å². The highest BCUT2D eigenvalue weighted by Crippen LogP contribution is 2.33. The van der Waals surface area contributed by atoms with E-state index in [2.05, 4.69) is 27.7 Å². The molecule has 0 aromatic heterocycles. The normalized spacial score (nSPS) is 15.3. The Morgan fingerprint density at radius 1 is 1.29 bits per heavy atom. The van der Waals surface area contributed by atoms with Crippen molar-refractivity contribution >= 4 is 17.5 Å². The van der Waals surface area contributed by atoms with Crippen LogP contribution in [0.15, 0.2) is 23.8 Å². The Bertz CT molecular complexity index is 295. The molecule has 0 aromatic carbocycles. The third kappa shape index (κ3) is 5.58. The topological polar surface area (TPSA) is 17.1 Å². The zero-order valence-electron chi connectivity index (χ0n) is 12.0. The molecule has 1 nitrogen and oxygen atoms in total. The van der Waals surface area contributed by atoms with Crippen LogP contribution in [0, 0.1) is 5.41 Å². The highest BCUT2D eigenvalue weighted by molar-refractivity contribution is 8.00. The molecule has 0 saturated carbocycles. The second-order valence-electron chi connectivity index (χ2n) is 5.23. The average Bonchev–Trinajstić information content (AvgIpc) is 2.24. The summed E-state index contributed by atoms with van der Waals surface area (Å²) >= 11 is 1.78. The molecule has 0 saturated heterocycles. The molecule has 0 N–H and O–H groups in total. The van der Waals surface area contributed by atoms with Gasteiger partial charge in [-0.15, -0.1) is 11.8 Å². The van der Waals surface area contributed by atoms with E-state index in [9.17, 15) is 4.79 Å². The van der Waals surface area contributed by atoms with Crippen LogP contribution >= 0.6 is 11.8 Å². The summed E-state index contributed by atoms with van der Waals surface area (Å²) in [6.07, 6.45) is 6.86. The quantitative estimate of drug-likeness (QED) is 0.507. The van der Waals surface area contributed by atoms with Crippen LogP contribution in [0.2, 0.25) is 0 Å². The second-order valence-corrected chi connectivity index (χ2v) is 6.44. The first-order valence-corrected chi connectivity index (χ1v) is 7.38. The van der Waals surface area contributed by atoms with Crippen molar-refractivity contribution in [2.75, 3.05) is 5.75 Å². The molecular formula is C15H26OS. The third-order valence-electron chi connectivity index (χ3n) is 2.46. The van der Waals surface area contributed by atoms with Crippen molar-refractivity contribution in [3.8, 4) is 0 Å². The fourth-order valence-electron chi connectivity index (χ4n) is 1.61. The second kappa shape index (κ2) is 7.75. The predicted octanol–water partition coefficient (Wildman–Crippen LogP) is 4.64. The first-order chi connectivity index (χ1) is 7.88. The van der Waals surface area contributed by atoms with Crippen LogP contribution in [-0.4, -0.2) is 16.8 Å². The zero-order valence-corrected chi connectivity index (χ0v) is 12.9. The fourth-order valence-corrected chi connectivity index (χ4v) is 2.87. The molecule has 0 spiro atoms. The SMILES string of the molecule is C/C=C\C(=C/C)C(=O)C(SCCC)C(C)(C)C. The van der Waals surface area contributed by atoms with Gasteiger partial charge in [0.25, 0.3) is 0 Å². The van der Waals surface area contributed by atoms with Gasteiger partial charge < -0.3 is 0 Å². The first kappa shape index (κ1) is 16.5. The van der Waals surface area contributed by atoms with E-state index in [1.807, 2.05) is 32.1 Å².